The highest BCUT2D eigenvalue weighted by atomic mass is 16.5. The number of hydrogen-bond donors (Lipinski definition) is 2. The van der Waals surface area contributed by atoms with E-state index >= 15 is 0 Å². The van der Waals surface area contributed by atoms with Gasteiger partial charge in [0, 0.05) is 31.0 Å². The van der Waals surface area contributed by atoms with Gasteiger partial charge in [-0.25, -0.2) is 4.99 Å². The maximum absolute atomic E-state index is 6.05. The summed E-state index contributed by atoms with van der Waals surface area (Å²) < 4.78 is 7.10. The second-order valence-corrected chi connectivity index (χ2v) is 6.37. The zero-order valence-corrected chi connectivity index (χ0v) is 15.5. The topological polar surface area (TPSA) is 80.7 Å². The van der Waals surface area contributed by atoms with Gasteiger partial charge < -0.3 is 15.8 Å². The molecule has 1 aliphatic rings. The number of nitrogens with one attached hydrogen (secondary N) is 1. The van der Waals surface area contributed by atoms with Gasteiger partial charge in [0.1, 0.15) is 0 Å². The lowest BCUT2D eigenvalue weighted by Crippen LogP contribution is -2.42. The predicted molar refractivity (Wildman–Crippen MR) is 97.2 cm³/mol. The number of aromatic nitrogens is 2. The Bertz CT molecular complexity index is 554. The third-order valence-electron chi connectivity index (χ3n) is 4.87. The summed E-state index contributed by atoms with van der Waals surface area (Å²) in [5, 5.41) is 7.83. The summed E-state index contributed by atoms with van der Waals surface area (Å²) in [5.74, 6) is 0.515. The average molecular weight is 336 g/mol. The van der Waals surface area contributed by atoms with E-state index in [1.54, 1.807) is 7.11 Å². The Labute approximate surface area is 145 Å². The second kappa shape index (κ2) is 9.03. The van der Waals surface area contributed by atoms with Crippen LogP contribution in [0.2, 0.25) is 0 Å². The van der Waals surface area contributed by atoms with Crippen LogP contribution < -0.4 is 11.1 Å². The molecule has 2 heterocycles. The van der Waals surface area contributed by atoms with Gasteiger partial charge in [0.2, 0.25) is 0 Å². The van der Waals surface area contributed by atoms with E-state index in [2.05, 4.69) is 34.2 Å². The van der Waals surface area contributed by atoms with E-state index in [1.165, 1.54) is 19.4 Å². The van der Waals surface area contributed by atoms with E-state index in [9.17, 15) is 0 Å². The lowest BCUT2D eigenvalue weighted by Gasteiger charge is -2.23. The Kier molecular flexibility index (Phi) is 7.05. The van der Waals surface area contributed by atoms with Crippen molar-refractivity contribution in [1.29, 1.82) is 0 Å². The molecule has 1 aliphatic heterocycles. The summed E-state index contributed by atoms with van der Waals surface area (Å²) in [4.78, 5) is 7.00. The Hall–Kier alpha value is -1.60. The number of rotatable bonds is 8. The van der Waals surface area contributed by atoms with E-state index < -0.39 is 0 Å². The maximum atomic E-state index is 6.05. The molecule has 0 radical (unpaired) electrons. The van der Waals surface area contributed by atoms with Crippen LogP contribution in [0.25, 0.3) is 0 Å². The van der Waals surface area contributed by atoms with Gasteiger partial charge >= 0.3 is 0 Å². The first-order chi connectivity index (χ1) is 11.6. The smallest absolute Gasteiger partial charge is 0.188 e. The number of likely N-dealkylation sites (tertiary alicyclic amines) is 1. The van der Waals surface area contributed by atoms with E-state index in [4.69, 9.17) is 10.5 Å². The van der Waals surface area contributed by atoms with E-state index in [0.717, 1.165) is 36.6 Å². The van der Waals surface area contributed by atoms with Crippen LogP contribution in [0.4, 0.5) is 0 Å². The Morgan fingerprint density at radius 1 is 1.46 bits per heavy atom. The SMILES string of the molecule is CCN1CCCC1CNC(N)=NCc1c(C)nn(CCOC)c1C. The molecule has 0 spiro atoms. The molecule has 24 heavy (non-hydrogen) atoms. The molecule has 7 heteroatoms. The summed E-state index contributed by atoms with van der Waals surface area (Å²) in [7, 11) is 1.70. The Morgan fingerprint density at radius 3 is 2.96 bits per heavy atom. The average Bonchev–Trinajstić information content (AvgIpc) is 3.13. The molecule has 2 rings (SSSR count). The summed E-state index contributed by atoms with van der Waals surface area (Å²) in [5.41, 5.74) is 9.33. The first-order valence-corrected chi connectivity index (χ1v) is 8.86. The molecule has 0 aliphatic carbocycles. The maximum Gasteiger partial charge on any atom is 0.188 e. The van der Waals surface area contributed by atoms with Gasteiger partial charge in [-0.2, -0.15) is 5.10 Å². The lowest BCUT2D eigenvalue weighted by molar-refractivity contribution is 0.182. The molecule has 3 N–H and O–H groups in total. The zero-order valence-electron chi connectivity index (χ0n) is 15.5. The molecule has 7 nitrogen and oxygen atoms in total. The van der Waals surface area contributed by atoms with Crippen molar-refractivity contribution in [3.63, 3.8) is 0 Å². The number of aryl methyl sites for hydroxylation is 1. The van der Waals surface area contributed by atoms with Gasteiger partial charge in [-0.3, -0.25) is 9.58 Å². The molecule has 1 fully saturated rings. The van der Waals surface area contributed by atoms with Gasteiger partial charge in [-0.15, -0.1) is 0 Å². The van der Waals surface area contributed by atoms with Crippen molar-refractivity contribution >= 4 is 5.96 Å². The van der Waals surface area contributed by atoms with Crippen LogP contribution in [0.5, 0.6) is 0 Å². The number of guanidine groups is 1. The van der Waals surface area contributed by atoms with Crippen molar-refractivity contribution in [3.05, 3.63) is 17.0 Å². The third kappa shape index (κ3) is 4.70. The molecule has 1 saturated heterocycles. The van der Waals surface area contributed by atoms with Gasteiger partial charge in [0.15, 0.2) is 5.96 Å². The van der Waals surface area contributed by atoms with Crippen molar-refractivity contribution in [1.82, 2.24) is 20.0 Å². The second-order valence-electron chi connectivity index (χ2n) is 6.37. The van der Waals surface area contributed by atoms with Gasteiger partial charge in [-0.05, 0) is 39.8 Å². The highest BCUT2D eigenvalue weighted by Crippen LogP contribution is 2.16. The van der Waals surface area contributed by atoms with Crippen molar-refractivity contribution in [2.24, 2.45) is 10.7 Å². The molecule has 1 aromatic heterocycles. The van der Waals surface area contributed by atoms with E-state index in [-0.39, 0.29) is 0 Å². The molecule has 136 valence electrons. The lowest BCUT2D eigenvalue weighted by atomic mass is 10.2. The van der Waals surface area contributed by atoms with Crippen molar-refractivity contribution in [2.75, 3.05) is 33.4 Å². The number of likely N-dealkylation sites (N-methyl/N-ethyl adjacent to an activating group) is 1. The standard InChI is InChI=1S/C17H32N6O/c1-5-22-8-6-7-15(22)11-19-17(18)20-12-16-13(2)21-23(14(16)3)9-10-24-4/h15H,5-12H2,1-4H3,(H3,18,19,20). The molecule has 0 bridgehead atoms. The van der Waals surface area contributed by atoms with Crippen molar-refractivity contribution < 1.29 is 4.74 Å². The predicted octanol–water partition coefficient (Wildman–Crippen LogP) is 1.03. The first-order valence-electron chi connectivity index (χ1n) is 8.86. The minimum atomic E-state index is 0.515. The molecule has 0 aromatic carbocycles. The normalized spacial score (nSPS) is 19.2. The van der Waals surface area contributed by atoms with Crippen LogP contribution in [-0.2, 0) is 17.8 Å². The quantitative estimate of drug-likeness (QED) is 0.547. The molecule has 1 atom stereocenters. The van der Waals surface area contributed by atoms with Crippen LogP contribution in [0.3, 0.4) is 0 Å². The molecule has 1 aromatic rings. The van der Waals surface area contributed by atoms with Crippen molar-refractivity contribution in [3.8, 4) is 0 Å². The highest BCUT2D eigenvalue weighted by Gasteiger charge is 2.22. The molecular formula is C17H32N6O. The monoisotopic (exact) mass is 336 g/mol. The summed E-state index contributed by atoms with van der Waals surface area (Å²) in [6.45, 7) is 11.4. The number of methoxy groups -OCH3 is 1. The van der Waals surface area contributed by atoms with Crippen LogP contribution >= 0.6 is 0 Å². The van der Waals surface area contributed by atoms with Crippen LogP contribution in [0.15, 0.2) is 4.99 Å². The summed E-state index contributed by atoms with van der Waals surface area (Å²) >= 11 is 0. The van der Waals surface area contributed by atoms with Crippen LogP contribution in [0.1, 0.15) is 36.7 Å². The molecule has 0 saturated carbocycles. The number of ether oxygens (including phenoxy) is 1. The highest BCUT2D eigenvalue weighted by molar-refractivity contribution is 5.77. The Balaban J connectivity index is 1.89. The number of hydrogen-bond acceptors (Lipinski definition) is 4. The van der Waals surface area contributed by atoms with Gasteiger partial charge in [0.25, 0.3) is 0 Å². The first kappa shape index (κ1) is 18.7. The van der Waals surface area contributed by atoms with E-state index in [1.807, 2.05) is 11.6 Å². The molecule has 1 unspecified atom stereocenters. The molecule has 0 amide bonds. The largest absolute Gasteiger partial charge is 0.383 e. The number of nitrogens with two attached hydrogens (primary N) is 1. The fourth-order valence-electron chi connectivity index (χ4n) is 3.34. The van der Waals surface area contributed by atoms with Gasteiger partial charge in [-0.1, -0.05) is 6.92 Å². The summed E-state index contributed by atoms with van der Waals surface area (Å²) in [6, 6.07) is 0.573. The van der Waals surface area contributed by atoms with Crippen LogP contribution in [-0.4, -0.2) is 60.0 Å². The minimum absolute atomic E-state index is 0.515. The molecular weight excluding hydrogens is 304 g/mol. The fraction of sp³-hybridized carbons (Fsp3) is 0.765. The zero-order chi connectivity index (χ0) is 17.5. The third-order valence-corrected chi connectivity index (χ3v) is 4.87. The van der Waals surface area contributed by atoms with Crippen LogP contribution in [0, 0.1) is 13.8 Å². The fourth-order valence-corrected chi connectivity index (χ4v) is 3.34. The number of aliphatic imine (C=N–C) groups is 1. The van der Waals surface area contributed by atoms with Gasteiger partial charge in [0.05, 0.1) is 25.4 Å². The number of nitrogens with zero attached hydrogens (tertiary/aromatic N) is 4. The van der Waals surface area contributed by atoms with Crippen molar-refractivity contribution in [2.45, 2.75) is 52.7 Å². The van der Waals surface area contributed by atoms with E-state index in [0.29, 0.717) is 25.2 Å². The minimum Gasteiger partial charge on any atom is -0.383 e. The Morgan fingerprint density at radius 2 is 2.25 bits per heavy atom. The summed E-state index contributed by atoms with van der Waals surface area (Å²) in [6.07, 6.45) is 2.51.